The van der Waals surface area contributed by atoms with Gasteiger partial charge in [-0.2, -0.15) is 0 Å². The molecule has 3 rings (SSSR count). The number of cyclic esters (lactones) is 1. The van der Waals surface area contributed by atoms with E-state index in [0.717, 1.165) is 9.37 Å². The van der Waals surface area contributed by atoms with E-state index >= 15 is 0 Å². The van der Waals surface area contributed by atoms with Crippen LogP contribution in [0.25, 0.3) is 0 Å². The molecular formula is C13H12BrN3O4. The summed E-state index contributed by atoms with van der Waals surface area (Å²) >= 11 is 3.27. The van der Waals surface area contributed by atoms with E-state index in [0.29, 0.717) is 25.1 Å². The van der Waals surface area contributed by atoms with Crippen LogP contribution in [0.15, 0.2) is 22.9 Å². The molecule has 2 aliphatic rings. The maximum atomic E-state index is 12.4. The van der Waals surface area contributed by atoms with Gasteiger partial charge in [0.05, 0.1) is 11.6 Å². The lowest BCUT2D eigenvalue weighted by Crippen LogP contribution is -2.42. The second-order valence-electron chi connectivity index (χ2n) is 4.90. The molecular weight excluding hydrogens is 342 g/mol. The Morgan fingerprint density at radius 2 is 2.19 bits per heavy atom. The van der Waals surface area contributed by atoms with E-state index in [1.54, 1.807) is 17.2 Å². The maximum absolute atomic E-state index is 12.4. The molecule has 1 unspecified atom stereocenters. The van der Waals surface area contributed by atoms with Crippen molar-refractivity contribution in [2.45, 2.75) is 12.5 Å². The summed E-state index contributed by atoms with van der Waals surface area (Å²) in [5.74, 6) is -0.505. The number of halogens is 1. The number of likely N-dealkylation sites (tertiary alicyclic amines) is 1. The topological polar surface area (TPSA) is 79.8 Å². The van der Waals surface area contributed by atoms with E-state index in [2.05, 4.69) is 20.9 Å². The summed E-state index contributed by atoms with van der Waals surface area (Å²) in [7, 11) is 0. The first-order valence-electron chi connectivity index (χ1n) is 6.45. The number of rotatable bonds is 2. The minimum Gasteiger partial charge on any atom is -0.439 e. The van der Waals surface area contributed by atoms with Crippen molar-refractivity contribution in [3.05, 3.63) is 28.5 Å². The Hall–Kier alpha value is -1.96. The quantitative estimate of drug-likeness (QED) is 0.793. The van der Waals surface area contributed by atoms with Crippen molar-refractivity contribution in [3.8, 4) is 0 Å². The van der Waals surface area contributed by atoms with Gasteiger partial charge in [-0.3, -0.25) is 14.6 Å². The van der Waals surface area contributed by atoms with Gasteiger partial charge >= 0.3 is 6.09 Å². The first-order valence-corrected chi connectivity index (χ1v) is 7.24. The SMILES string of the molecule is O=C(c1cncc(Br)c1)N1CCC(N2C(=O)COC2=O)C1. The normalized spacial score (nSPS) is 21.9. The fourth-order valence-electron chi connectivity index (χ4n) is 2.57. The summed E-state index contributed by atoms with van der Waals surface area (Å²) in [6.07, 6.45) is 3.04. The number of pyridine rings is 1. The third-order valence-corrected chi connectivity index (χ3v) is 3.99. The predicted molar refractivity (Wildman–Crippen MR) is 74.4 cm³/mol. The van der Waals surface area contributed by atoms with Crippen LogP contribution in [0.5, 0.6) is 0 Å². The Kier molecular flexibility index (Phi) is 3.62. The standard InChI is InChI=1S/C13H12BrN3O4/c14-9-3-8(4-15-5-9)12(19)16-2-1-10(6-16)17-11(18)7-21-13(17)20/h3-5,10H,1-2,6-7H2. The van der Waals surface area contributed by atoms with Crippen LogP contribution in [0, 0.1) is 0 Å². The Morgan fingerprint density at radius 3 is 2.86 bits per heavy atom. The van der Waals surface area contributed by atoms with Crippen LogP contribution in [-0.2, 0) is 9.53 Å². The van der Waals surface area contributed by atoms with Crippen LogP contribution >= 0.6 is 15.9 Å². The molecule has 110 valence electrons. The van der Waals surface area contributed by atoms with Gasteiger partial charge in [-0.1, -0.05) is 0 Å². The Balaban J connectivity index is 1.71. The molecule has 0 saturated carbocycles. The Morgan fingerprint density at radius 1 is 1.38 bits per heavy atom. The summed E-state index contributed by atoms with van der Waals surface area (Å²) < 4.78 is 5.43. The molecule has 0 bridgehead atoms. The van der Waals surface area contributed by atoms with Gasteiger partial charge in [0, 0.05) is 30.0 Å². The highest BCUT2D eigenvalue weighted by atomic mass is 79.9. The number of carbonyl (C=O) groups is 3. The number of amides is 3. The fraction of sp³-hybridized carbons (Fsp3) is 0.385. The number of hydrogen-bond acceptors (Lipinski definition) is 5. The summed E-state index contributed by atoms with van der Waals surface area (Å²) in [4.78, 5) is 42.2. The molecule has 0 spiro atoms. The minimum absolute atomic E-state index is 0.161. The van der Waals surface area contributed by atoms with Gasteiger partial charge in [0.2, 0.25) is 0 Å². The van der Waals surface area contributed by atoms with Gasteiger partial charge in [0.25, 0.3) is 11.8 Å². The lowest BCUT2D eigenvalue weighted by Gasteiger charge is -2.20. The molecule has 1 aromatic heterocycles. The summed E-state index contributed by atoms with van der Waals surface area (Å²) in [5, 5.41) is 0. The van der Waals surface area contributed by atoms with E-state index in [1.807, 2.05) is 0 Å². The Labute approximate surface area is 129 Å². The number of carbonyl (C=O) groups excluding carboxylic acids is 3. The third kappa shape index (κ3) is 2.63. The highest BCUT2D eigenvalue weighted by molar-refractivity contribution is 9.10. The van der Waals surface area contributed by atoms with Crippen LogP contribution in [-0.4, -0.2) is 58.4 Å². The molecule has 2 saturated heterocycles. The number of aromatic nitrogens is 1. The summed E-state index contributed by atoms with van der Waals surface area (Å²) in [6, 6.07) is 1.38. The van der Waals surface area contributed by atoms with Crippen molar-refractivity contribution in [3.63, 3.8) is 0 Å². The second kappa shape index (κ2) is 5.44. The van der Waals surface area contributed by atoms with Gasteiger partial charge in [-0.15, -0.1) is 0 Å². The highest BCUT2D eigenvalue weighted by Crippen LogP contribution is 2.22. The largest absolute Gasteiger partial charge is 0.439 e. The van der Waals surface area contributed by atoms with Crippen molar-refractivity contribution < 1.29 is 19.1 Å². The van der Waals surface area contributed by atoms with Gasteiger partial charge in [0.15, 0.2) is 6.61 Å². The average molecular weight is 354 g/mol. The molecule has 1 aromatic rings. The van der Waals surface area contributed by atoms with Crippen molar-refractivity contribution in [2.24, 2.45) is 0 Å². The molecule has 0 radical (unpaired) electrons. The molecule has 2 fully saturated rings. The summed E-state index contributed by atoms with van der Waals surface area (Å²) in [6.45, 7) is 0.609. The van der Waals surface area contributed by atoms with Gasteiger partial charge < -0.3 is 9.64 Å². The van der Waals surface area contributed by atoms with Crippen LogP contribution in [0.2, 0.25) is 0 Å². The lowest BCUT2D eigenvalue weighted by atomic mass is 10.2. The number of imide groups is 1. The van der Waals surface area contributed by atoms with E-state index in [4.69, 9.17) is 4.74 Å². The molecule has 1 atom stereocenters. The molecule has 8 heteroatoms. The molecule has 7 nitrogen and oxygen atoms in total. The van der Waals surface area contributed by atoms with Crippen molar-refractivity contribution in [1.29, 1.82) is 0 Å². The Bertz CT molecular complexity index is 605. The zero-order valence-corrected chi connectivity index (χ0v) is 12.6. The summed E-state index contributed by atoms with van der Waals surface area (Å²) in [5.41, 5.74) is 0.473. The zero-order chi connectivity index (χ0) is 15.0. The van der Waals surface area contributed by atoms with Crippen LogP contribution in [0.1, 0.15) is 16.8 Å². The number of ether oxygens (including phenoxy) is 1. The van der Waals surface area contributed by atoms with Crippen LogP contribution < -0.4 is 0 Å². The van der Waals surface area contributed by atoms with Crippen molar-refractivity contribution in [1.82, 2.24) is 14.8 Å². The predicted octanol–water partition coefficient (Wildman–Crippen LogP) is 1.04. The molecule has 3 amide bonds. The van der Waals surface area contributed by atoms with Gasteiger partial charge in [-0.25, -0.2) is 9.69 Å². The maximum Gasteiger partial charge on any atom is 0.417 e. The minimum atomic E-state index is -0.622. The monoisotopic (exact) mass is 353 g/mol. The second-order valence-corrected chi connectivity index (χ2v) is 5.82. The molecule has 2 aliphatic heterocycles. The molecule has 0 aliphatic carbocycles. The molecule has 21 heavy (non-hydrogen) atoms. The van der Waals surface area contributed by atoms with Gasteiger partial charge in [-0.05, 0) is 28.4 Å². The molecule has 3 heterocycles. The van der Waals surface area contributed by atoms with Gasteiger partial charge in [0.1, 0.15) is 0 Å². The van der Waals surface area contributed by atoms with E-state index < -0.39 is 6.09 Å². The van der Waals surface area contributed by atoms with Crippen molar-refractivity contribution >= 4 is 33.8 Å². The average Bonchev–Trinajstić information content (AvgIpc) is 3.05. The number of hydrogen-bond donors (Lipinski definition) is 0. The first kappa shape index (κ1) is 14.0. The van der Waals surface area contributed by atoms with Crippen molar-refractivity contribution in [2.75, 3.05) is 19.7 Å². The van der Waals surface area contributed by atoms with E-state index in [1.165, 1.54) is 6.20 Å². The van der Waals surface area contributed by atoms with Crippen LogP contribution in [0.4, 0.5) is 4.79 Å². The first-order chi connectivity index (χ1) is 10.1. The highest BCUT2D eigenvalue weighted by Gasteiger charge is 2.41. The van der Waals surface area contributed by atoms with E-state index in [-0.39, 0.29) is 24.5 Å². The lowest BCUT2D eigenvalue weighted by molar-refractivity contribution is -0.127. The molecule has 0 N–H and O–H groups in total. The zero-order valence-electron chi connectivity index (χ0n) is 11.0. The third-order valence-electron chi connectivity index (χ3n) is 3.55. The number of nitrogens with zero attached hydrogens (tertiary/aromatic N) is 3. The van der Waals surface area contributed by atoms with E-state index in [9.17, 15) is 14.4 Å². The molecule has 0 aromatic carbocycles. The smallest absolute Gasteiger partial charge is 0.417 e. The fourth-order valence-corrected chi connectivity index (χ4v) is 2.93. The van der Waals surface area contributed by atoms with Crippen LogP contribution in [0.3, 0.4) is 0 Å².